The van der Waals surface area contributed by atoms with Crippen molar-refractivity contribution in [3.8, 4) is 44.5 Å². The molecule has 0 atom stereocenters. The Balaban J connectivity index is 1.21. The van der Waals surface area contributed by atoms with Crippen LogP contribution in [0.5, 0.6) is 0 Å². The molecule has 0 spiro atoms. The summed E-state index contributed by atoms with van der Waals surface area (Å²) in [6.45, 7) is 0. The van der Waals surface area contributed by atoms with Gasteiger partial charge in [-0.1, -0.05) is 164 Å². The smallest absolute Gasteiger partial charge is 0.0540 e. The van der Waals surface area contributed by atoms with Crippen molar-refractivity contribution in [2.24, 2.45) is 0 Å². The fourth-order valence-corrected chi connectivity index (χ4v) is 6.52. The zero-order valence-corrected chi connectivity index (χ0v) is 26.0. The second-order valence-corrected chi connectivity index (χ2v) is 11.8. The van der Waals surface area contributed by atoms with Crippen LogP contribution in [0.2, 0.25) is 0 Å². The van der Waals surface area contributed by atoms with Gasteiger partial charge in [0.05, 0.1) is 5.69 Å². The number of hydrogen-bond acceptors (Lipinski definition) is 1. The van der Waals surface area contributed by atoms with Crippen LogP contribution in [0.15, 0.2) is 200 Å². The predicted octanol–water partition coefficient (Wildman–Crippen LogP) is 13.0. The summed E-state index contributed by atoms with van der Waals surface area (Å²) in [5.74, 6) is 0. The maximum Gasteiger partial charge on any atom is 0.0540 e. The maximum absolute atomic E-state index is 2.37. The molecular formula is C46H33N. The summed E-state index contributed by atoms with van der Waals surface area (Å²) in [6, 6.07) is 71.8. The number of nitrogens with zero attached hydrogens (tertiary/aromatic N) is 1. The van der Waals surface area contributed by atoms with E-state index in [1.165, 1.54) is 55.3 Å². The van der Waals surface area contributed by atoms with Crippen molar-refractivity contribution >= 4 is 27.8 Å². The third kappa shape index (κ3) is 5.72. The number of hydrogen-bond donors (Lipinski definition) is 0. The molecule has 0 bridgehead atoms. The molecule has 1 nitrogen and oxygen atoms in total. The quantitative estimate of drug-likeness (QED) is 0.176. The molecule has 0 saturated carbocycles. The van der Waals surface area contributed by atoms with Gasteiger partial charge < -0.3 is 4.90 Å². The largest absolute Gasteiger partial charge is 0.310 e. The van der Waals surface area contributed by atoms with Crippen LogP contribution in [0.3, 0.4) is 0 Å². The third-order valence-corrected chi connectivity index (χ3v) is 8.89. The van der Waals surface area contributed by atoms with Crippen molar-refractivity contribution in [2.75, 3.05) is 4.90 Å². The third-order valence-electron chi connectivity index (χ3n) is 8.89. The molecule has 0 fully saturated rings. The summed E-state index contributed by atoms with van der Waals surface area (Å²) in [7, 11) is 0. The van der Waals surface area contributed by atoms with E-state index in [0.29, 0.717) is 0 Å². The molecule has 0 heterocycles. The summed E-state index contributed by atoms with van der Waals surface area (Å²) < 4.78 is 0. The van der Waals surface area contributed by atoms with Crippen LogP contribution >= 0.6 is 0 Å². The normalized spacial score (nSPS) is 11.0. The highest BCUT2D eigenvalue weighted by molar-refractivity contribution is 5.99. The average molecular weight is 600 g/mol. The fraction of sp³-hybridized carbons (Fsp3) is 0. The van der Waals surface area contributed by atoms with E-state index in [0.717, 1.165) is 17.1 Å². The lowest BCUT2D eigenvalue weighted by Crippen LogP contribution is -2.10. The molecule has 0 aromatic heterocycles. The summed E-state index contributed by atoms with van der Waals surface area (Å²) >= 11 is 0. The average Bonchev–Trinajstić information content (AvgIpc) is 3.16. The molecule has 0 saturated heterocycles. The summed E-state index contributed by atoms with van der Waals surface area (Å²) in [4.78, 5) is 2.37. The molecule has 47 heavy (non-hydrogen) atoms. The first kappa shape index (κ1) is 28.3. The van der Waals surface area contributed by atoms with E-state index in [4.69, 9.17) is 0 Å². The first-order valence-electron chi connectivity index (χ1n) is 16.1. The van der Waals surface area contributed by atoms with E-state index in [-0.39, 0.29) is 0 Å². The molecule has 8 aromatic carbocycles. The van der Waals surface area contributed by atoms with E-state index in [2.05, 4.69) is 205 Å². The minimum atomic E-state index is 1.11. The van der Waals surface area contributed by atoms with Crippen LogP contribution in [-0.2, 0) is 0 Å². The predicted molar refractivity (Wildman–Crippen MR) is 200 cm³/mol. The highest BCUT2D eigenvalue weighted by Gasteiger charge is 2.16. The summed E-state index contributed by atoms with van der Waals surface area (Å²) in [5.41, 5.74) is 13.1. The van der Waals surface area contributed by atoms with Gasteiger partial charge >= 0.3 is 0 Å². The second kappa shape index (κ2) is 12.7. The lowest BCUT2D eigenvalue weighted by Gasteiger charge is -2.27. The molecular weight excluding hydrogens is 567 g/mol. The Hall–Kier alpha value is -6.18. The Morgan fingerprint density at radius 2 is 0.723 bits per heavy atom. The van der Waals surface area contributed by atoms with E-state index in [1.54, 1.807) is 0 Å². The Labute approximate surface area is 276 Å². The van der Waals surface area contributed by atoms with Gasteiger partial charge in [0.25, 0.3) is 0 Å². The highest BCUT2D eigenvalue weighted by atomic mass is 15.1. The Morgan fingerprint density at radius 1 is 0.277 bits per heavy atom. The van der Waals surface area contributed by atoms with Gasteiger partial charge in [0.2, 0.25) is 0 Å². The van der Waals surface area contributed by atoms with Crippen molar-refractivity contribution < 1.29 is 0 Å². The van der Waals surface area contributed by atoms with E-state index in [1.807, 2.05) is 0 Å². The van der Waals surface area contributed by atoms with Crippen molar-refractivity contribution in [3.63, 3.8) is 0 Å². The second-order valence-electron chi connectivity index (χ2n) is 11.8. The van der Waals surface area contributed by atoms with Crippen molar-refractivity contribution in [2.45, 2.75) is 0 Å². The number of fused-ring (bicyclic) bond motifs is 1. The first-order valence-corrected chi connectivity index (χ1v) is 16.1. The van der Waals surface area contributed by atoms with Gasteiger partial charge in [0, 0.05) is 16.8 Å². The van der Waals surface area contributed by atoms with Crippen molar-refractivity contribution in [1.82, 2.24) is 0 Å². The van der Waals surface area contributed by atoms with Crippen LogP contribution in [-0.4, -0.2) is 0 Å². The van der Waals surface area contributed by atoms with Crippen LogP contribution in [0.25, 0.3) is 55.3 Å². The van der Waals surface area contributed by atoms with E-state index < -0.39 is 0 Å². The highest BCUT2D eigenvalue weighted by Crippen LogP contribution is 2.41. The van der Waals surface area contributed by atoms with Gasteiger partial charge in [-0.05, 0) is 86.3 Å². The molecule has 8 rings (SSSR count). The lowest BCUT2D eigenvalue weighted by atomic mass is 9.91. The molecule has 8 aromatic rings. The number of anilines is 3. The summed E-state index contributed by atoms with van der Waals surface area (Å²) in [6.07, 6.45) is 0. The molecule has 0 aliphatic carbocycles. The first-order chi connectivity index (χ1) is 23.3. The topological polar surface area (TPSA) is 3.24 Å². The Bertz CT molecular complexity index is 2250. The van der Waals surface area contributed by atoms with E-state index in [9.17, 15) is 0 Å². The minimum absolute atomic E-state index is 1.11. The zero-order valence-electron chi connectivity index (χ0n) is 26.0. The minimum Gasteiger partial charge on any atom is -0.310 e. The molecule has 0 amide bonds. The lowest BCUT2D eigenvalue weighted by molar-refractivity contribution is 1.30. The monoisotopic (exact) mass is 599 g/mol. The van der Waals surface area contributed by atoms with Crippen LogP contribution in [0.1, 0.15) is 0 Å². The van der Waals surface area contributed by atoms with Crippen LogP contribution in [0, 0.1) is 0 Å². The zero-order chi connectivity index (χ0) is 31.4. The number of rotatable bonds is 7. The van der Waals surface area contributed by atoms with E-state index >= 15 is 0 Å². The SMILES string of the molecule is c1ccc(-c2ccc(N(c3ccc(-c4ccc(-c5ccccc5)c(-c5ccccc5)c4)cc3)c3cccc4ccccc34)cc2)cc1. The summed E-state index contributed by atoms with van der Waals surface area (Å²) in [5, 5.41) is 2.44. The number of benzene rings is 8. The molecule has 1 heteroatoms. The molecule has 0 radical (unpaired) electrons. The van der Waals surface area contributed by atoms with Gasteiger partial charge in [0.15, 0.2) is 0 Å². The standard InChI is InChI=1S/C46H33N/c1-4-13-34(14-5-1)35-23-28-41(29-24-35)47(46-22-12-20-38-19-10-11-21-44(38)46)42-30-25-36(26-31-42)40-27-32-43(37-15-6-2-7-16-37)45(33-40)39-17-8-3-9-18-39/h1-33H. The van der Waals surface area contributed by atoms with Gasteiger partial charge in [-0.25, -0.2) is 0 Å². The van der Waals surface area contributed by atoms with Gasteiger partial charge in [-0.15, -0.1) is 0 Å². The van der Waals surface area contributed by atoms with Crippen LogP contribution in [0.4, 0.5) is 17.1 Å². The van der Waals surface area contributed by atoms with Gasteiger partial charge in [-0.2, -0.15) is 0 Å². The van der Waals surface area contributed by atoms with Crippen LogP contribution < -0.4 is 4.90 Å². The molecule has 0 aliphatic rings. The Kier molecular flexibility index (Phi) is 7.63. The van der Waals surface area contributed by atoms with Crippen molar-refractivity contribution in [3.05, 3.63) is 200 Å². The molecule has 0 N–H and O–H groups in total. The Morgan fingerprint density at radius 3 is 1.34 bits per heavy atom. The van der Waals surface area contributed by atoms with Gasteiger partial charge in [-0.3, -0.25) is 0 Å². The van der Waals surface area contributed by atoms with Gasteiger partial charge in [0.1, 0.15) is 0 Å². The fourth-order valence-electron chi connectivity index (χ4n) is 6.52. The molecule has 0 aliphatic heterocycles. The molecule has 222 valence electrons. The molecule has 0 unspecified atom stereocenters. The van der Waals surface area contributed by atoms with Crippen molar-refractivity contribution in [1.29, 1.82) is 0 Å². The maximum atomic E-state index is 2.37.